The minimum absolute atomic E-state index is 0.242. The van der Waals surface area contributed by atoms with E-state index in [1.54, 1.807) is 55.5 Å². The van der Waals surface area contributed by atoms with Crippen LogP contribution in [0, 0.1) is 0 Å². The summed E-state index contributed by atoms with van der Waals surface area (Å²) in [6, 6.07) is 13.3. The zero-order valence-electron chi connectivity index (χ0n) is 13.6. The predicted molar refractivity (Wildman–Crippen MR) is 98.9 cm³/mol. The van der Waals surface area contributed by atoms with Crippen LogP contribution in [0.5, 0.6) is 0 Å². The van der Waals surface area contributed by atoms with Gasteiger partial charge in [0.05, 0.1) is 17.7 Å². The van der Waals surface area contributed by atoms with Gasteiger partial charge in [0.1, 0.15) is 0 Å². The minimum atomic E-state index is -0.956. The Morgan fingerprint density at radius 2 is 1.64 bits per heavy atom. The van der Waals surface area contributed by atoms with Gasteiger partial charge in [0.15, 0.2) is 5.11 Å². The average Bonchev–Trinajstić information content (AvgIpc) is 2.61. The fraction of sp³-hybridized carbons (Fsp3) is 0.167. The molecule has 0 atom stereocenters. The molecule has 2 rings (SSSR count). The summed E-state index contributed by atoms with van der Waals surface area (Å²) >= 11 is 5.22. The summed E-state index contributed by atoms with van der Waals surface area (Å²) in [6.45, 7) is 2.56. The van der Waals surface area contributed by atoms with Crippen LogP contribution >= 0.6 is 12.2 Å². The van der Waals surface area contributed by atoms with E-state index in [4.69, 9.17) is 22.1 Å². The van der Waals surface area contributed by atoms with Crippen LogP contribution in [0.3, 0.4) is 0 Å². The van der Waals surface area contributed by atoms with Crippen molar-refractivity contribution < 1.29 is 19.4 Å². The molecule has 3 N–H and O–H groups in total. The lowest BCUT2D eigenvalue weighted by Gasteiger charge is -2.11. The molecule has 0 unspecified atom stereocenters. The first-order chi connectivity index (χ1) is 12.0. The summed E-state index contributed by atoms with van der Waals surface area (Å²) in [6.07, 6.45) is 0. The second-order valence-corrected chi connectivity index (χ2v) is 5.52. The molecule has 0 aliphatic heterocycles. The van der Waals surface area contributed by atoms with Gasteiger partial charge >= 0.3 is 11.9 Å². The Bertz CT molecular complexity index is 758. The zero-order chi connectivity index (χ0) is 18.2. The molecule has 0 heterocycles. The molecule has 0 aromatic heterocycles. The van der Waals surface area contributed by atoms with Crippen molar-refractivity contribution in [1.82, 2.24) is 5.32 Å². The molecule has 6 nitrogen and oxygen atoms in total. The molecule has 0 radical (unpaired) electrons. The van der Waals surface area contributed by atoms with Gasteiger partial charge in [0, 0.05) is 12.2 Å². The Hall–Kier alpha value is -2.93. The van der Waals surface area contributed by atoms with Crippen LogP contribution < -0.4 is 10.6 Å². The smallest absolute Gasteiger partial charge is 0.338 e. The lowest BCUT2D eigenvalue weighted by Crippen LogP contribution is -2.27. The van der Waals surface area contributed by atoms with Gasteiger partial charge < -0.3 is 20.5 Å². The fourth-order valence-electron chi connectivity index (χ4n) is 2.03. The second kappa shape index (κ2) is 8.79. The van der Waals surface area contributed by atoms with E-state index in [9.17, 15) is 9.59 Å². The number of carboxylic acids is 1. The van der Waals surface area contributed by atoms with Crippen molar-refractivity contribution in [3.8, 4) is 0 Å². The van der Waals surface area contributed by atoms with Crippen molar-refractivity contribution in [2.75, 3.05) is 11.9 Å². The topological polar surface area (TPSA) is 87.7 Å². The number of nitrogens with one attached hydrogen (secondary N) is 2. The normalized spacial score (nSPS) is 9.96. The maximum absolute atomic E-state index is 11.6. The van der Waals surface area contributed by atoms with E-state index >= 15 is 0 Å². The highest BCUT2D eigenvalue weighted by atomic mass is 32.1. The van der Waals surface area contributed by atoms with E-state index in [0.717, 1.165) is 11.3 Å². The summed E-state index contributed by atoms with van der Waals surface area (Å²) in [5.74, 6) is -1.32. The number of carboxylic acid groups (broad SMARTS) is 1. The molecule has 0 saturated heterocycles. The highest BCUT2D eigenvalue weighted by molar-refractivity contribution is 7.80. The van der Waals surface area contributed by atoms with Crippen molar-refractivity contribution in [1.29, 1.82) is 0 Å². The Balaban J connectivity index is 1.85. The van der Waals surface area contributed by atoms with Crippen molar-refractivity contribution in [2.24, 2.45) is 0 Å². The lowest BCUT2D eigenvalue weighted by molar-refractivity contribution is 0.0526. The molecule has 130 valence electrons. The van der Waals surface area contributed by atoms with Gasteiger partial charge in [-0.2, -0.15) is 0 Å². The van der Waals surface area contributed by atoms with Crippen LogP contribution in [0.25, 0.3) is 0 Å². The van der Waals surface area contributed by atoms with Crippen molar-refractivity contribution in [3.63, 3.8) is 0 Å². The molecule has 0 amide bonds. The molecule has 0 aliphatic rings. The van der Waals surface area contributed by atoms with E-state index in [1.807, 2.05) is 0 Å². The summed E-state index contributed by atoms with van der Waals surface area (Å²) in [5, 5.41) is 15.3. The van der Waals surface area contributed by atoms with Crippen LogP contribution in [0.4, 0.5) is 5.69 Å². The maximum Gasteiger partial charge on any atom is 0.338 e. The van der Waals surface area contributed by atoms with E-state index in [-0.39, 0.29) is 11.5 Å². The van der Waals surface area contributed by atoms with E-state index in [2.05, 4.69) is 10.6 Å². The third-order valence-electron chi connectivity index (χ3n) is 3.31. The van der Waals surface area contributed by atoms with E-state index < -0.39 is 5.97 Å². The Kier molecular flexibility index (Phi) is 6.47. The number of ether oxygens (including phenoxy) is 1. The largest absolute Gasteiger partial charge is 0.478 e. The van der Waals surface area contributed by atoms with Gasteiger partial charge in [-0.1, -0.05) is 12.1 Å². The zero-order valence-corrected chi connectivity index (χ0v) is 14.4. The van der Waals surface area contributed by atoms with Crippen LogP contribution in [-0.2, 0) is 11.3 Å². The average molecular weight is 358 g/mol. The molecule has 0 saturated carbocycles. The summed E-state index contributed by atoms with van der Waals surface area (Å²) in [4.78, 5) is 22.4. The number of rotatable bonds is 6. The van der Waals surface area contributed by atoms with Gasteiger partial charge in [0.2, 0.25) is 0 Å². The number of thiocarbonyl (C=S) groups is 1. The first-order valence-electron chi connectivity index (χ1n) is 7.64. The first-order valence-corrected chi connectivity index (χ1v) is 8.04. The second-order valence-electron chi connectivity index (χ2n) is 5.11. The Labute approximate surface area is 150 Å². The number of hydrogen-bond acceptors (Lipinski definition) is 4. The number of anilines is 1. The van der Waals surface area contributed by atoms with Crippen LogP contribution in [0.1, 0.15) is 33.2 Å². The van der Waals surface area contributed by atoms with Crippen LogP contribution in [0.15, 0.2) is 48.5 Å². The van der Waals surface area contributed by atoms with Gasteiger partial charge in [0.25, 0.3) is 0 Å². The highest BCUT2D eigenvalue weighted by Crippen LogP contribution is 2.11. The fourth-order valence-corrected chi connectivity index (χ4v) is 2.22. The Morgan fingerprint density at radius 3 is 2.20 bits per heavy atom. The van der Waals surface area contributed by atoms with Gasteiger partial charge in [-0.25, -0.2) is 9.59 Å². The number of hydrogen-bond donors (Lipinski definition) is 3. The molecule has 7 heteroatoms. The number of carbonyl (C=O) groups is 2. The molecule has 0 spiro atoms. The van der Waals surface area contributed by atoms with E-state index in [1.165, 1.54) is 0 Å². The van der Waals surface area contributed by atoms with Gasteiger partial charge in [-0.05, 0) is 61.1 Å². The molecule has 25 heavy (non-hydrogen) atoms. The molecule has 0 aliphatic carbocycles. The third kappa shape index (κ3) is 5.58. The maximum atomic E-state index is 11.6. The molecule has 0 fully saturated rings. The van der Waals surface area contributed by atoms with E-state index in [0.29, 0.717) is 23.8 Å². The molecular formula is C18H18N2O4S. The molecule has 2 aromatic carbocycles. The monoisotopic (exact) mass is 358 g/mol. The van der Waals surface area contributed by atoms with Crippen molar-refractivity contribution >= 4 is 35.0 Å². The third-order valence-corrected chi connectivity index (χ3v) is 3.55. The SMILES string of the molecule is CCOC(=O)c1ccc(NC(=S)NCc2ccc(C(=O)O)cc2)cc1. The summed E-state index contributed by atoms with van der Waals surface area (Å²) in [7, 11) is 0. The lowest BCUT2D eigenvalue weighted by atomic mass is 10.1. The highest BCUT2D eigenvalue weighted by Gasteiger charge is 2.06. The number of benzene rings is 2. The first kappa shape index (κ1) is 18.4. The number of aromatic carboxylic acids is 1. The summed E-state index contributed by atoms with van der Waals surface area (Å²) in [5.41, 5.74) is 2.37. The standard InChI is InChI=1S/C18H18N2O4S/c1-2-24-17(23)14-7-9-15(10-8-14)20-18(25)19-11-12-3-5-13(6-4-12)16(21)22/h3-10H,2,11H2,1H3,(H,21,22)(H2,19,20,25). The molecule has 2 aromatic rings. The van der Waals surface area contributed by atoms with Crippen LogP contribution in [0.2, 0.25) is 0 Å². The number of esters is 1. The molecular weight excluding hydrogens is 340 g/mol. The van der Waals surface area contributed by atoms with Gasteiger partial charge in [-0.15, -0.1) is 0 Å². The predicted octanol–water partition coefficient (Wildman–Crippen LogP) is 3.05. The van der Waals surface area contributed by atoms with Gasteiger partial charge in [-0.3, -0.25) is 0 Å². The molecule has 0 bridgehead atoms. The van der Waals surface area contributed by atoms with Crippen LogP contribution in [-0.4, -0.2) is 28.8 Å². The Morgan fingerprint density at radius 1 is 1.04 bits per heavy atom. The number of carbonyl (C=O) groups excluding carboxylic acids is 1. The van der Waals surface area contributed by atoms with Crippen molar-refractivity contribution in [2.45, 2.75) is 13.5 Å². The van der Waals surface area contributed by atoms with Crippen molar-refractivity contribution in [3.05, 3.63) is 65.2 Å². The quantitative estimate of drug-likeness (QED) is 0.540. The minimum Gasteiger partial charge on any atom is -0.478 e. The summed E-state index contributed by atoms with van der Waals surface area (Å²) < 4.78 is 4.93.